The van der Waals surface area contributed by atoms with E-state index in [1.807, 2.05) is 0 Å². The summed E-state index contributed by atoms with van der Waals surface area (Å²) in [6, 6.07) is 2.89. The number of nitrogens with one attached hydrogen (secondary N) is 1. The topological polar surface area (TPSA) is 105 Å². The molecule has 3 rings (SSSR count). The fourth-order valence-electron chi connectivity index (χ4n) is 3.15. The standard InChI is InChI=1S/C18H23FN4O4/c1-22(9-11-2-3-11)16(17(20)25)18(26)21-12-4-5-14(13(19)8-12)23-6-7-27-10-15(23)24/h4-5,8,11,16H,2-3,6-7,9-10H2,1H3,(H2,20,25)(H,21,26)/t16-/m0/s1. The van der Waals surface area contributed by atoms with Crippen molar-refractivity contribution in [1.29, 1.82) is 0 Å². The lowest BCUT2D eigenvalue weighted by molar-refractivity contribution is -0.132. The van der Waals surface area contributed by atoms with Crippen LogP contribution in [0.2, 0.25) is 0 Å². The summed E-state index contributed by atoms with van der Waals surface area (Å²) in [4.78, 5) is 39.0. The zero-order chi connectivity index (χ0) is 19.6. The average Bonchev–Trinajstić information content (AvgIpc) is 3.39. The maximum atomic E-state index is 14.5. The Morgan fingerprint density at radius 2 is 2.19 bits per heavy atom. The second-order valence-corrected chi connectivity index (χ2v) is 6.94. The third-order valence-corrected chi connectivity index (χ3v) is 4.69. The van der Waals surface area contributed by atoms with Crippen LogP contribution in [0.15, 0.2) is 18.2 Å². The summed E-state index contributed by atoms with van der Waals surface area (Å²) in [5.74, 6) is -1.86. The van der Waals surface area contributed by atoms with Gasteiger partial charge in [0.2, 0.25) is 5.91 Å². The molecule has 1 aromatic carbocycles. The van der Waals surface area contributed by atoms with E-state index in [2.05, 4.69) is 5.32 Å². The molecule has 0 unspecified atom stereocenters. The van der Waals surface area contributed by atoms with Crippen molar-refractivity contribution in [2.45, 2.75) is 18.9 Å². The first-order valence-electron chi connectivity index (χ1n) is 8.85. The van der Waals surface area contributed by atoms with Crippen molar-refractivity contribution in [3.05, 3.63) is 24.0 Å². The number of morpholine rings is 1. The molecule has 27 heavy (non-hydrogen) atoms. The predicted octanol–water partition coefficient (Wildman–Crippen LogP) is 0.323. The molecule has 1 saturated heterocycles. The van der Waals surface area contributed by atoms with E-state index in [0.717, 1.165) is 18.9 Å². The number of anilines is 2. The highest BCUT2D eigenvalue weighted by Crippen LogP contribution is 2.30. The van der Waals surface area contributed by atoms with E-state index in [-0.39, 0.29) is 30.4 Å². The van der Waals surface area contributed by atoms with Gasteiger partial charge in [-0.15, -0.1) is 0 Å². The van der Waals surface area contributed by atoms with E-state index in [1.165, 1.54) is 17.0 Å². The van der Waals surface area contributed by atoms with Gasteiger partial charge < -0.3 is 20.7 Å². The molecular weight excluding hydrogens is 355 g/mol. The van der Waals surface area contributed by atoms with E-state index in [1.54, 1.807) is 11.9 Å². The number of carbonyl (C=O) groups is 3. The molecule has 1 aliphatic heterocycles. The zero-order valence-electron chi connectivity index (χ0n) is 15.1. The first-order chi connectivity index (χ1) is 12.9. The number of rotatable bonds is 7. The third kappa shape index (κ3) is 4.61. The van der Waals surface area contributed by atoms with Crippen LogP contribution < -0.4 is 16.0 Å². The van der Waals surface area contributed by atoms with Gasteiger partial charge >= 0.3 is 0 Å². The van der Waals surface area contributed by atoms with Crippen molar-refractivity contribution in [2.75, 3.05) is 43.6 Å². The highest BCUT2D eigenvalue weighted by molar-refractivity contribution is 6.09. The van der Waals surface area contributed by atoms with Gasteiger partial charge in [-0.05, 0) is 44.0 Å². The summed E-state index contributed by atoms with van der Waals surface area (Å²) in [6.07, 6.45) is 2.15. The van der Waals surface area contributed by atoms with Gasteiger partial charge in [0.25, 0.3) is 11.8 Å². The quantitative estimate of drug-likeness (QED) is 0.665. The van der Waals surface area contributed by atoms with Crippen LogP contribution >= 0.6 is 0 Å². The molecule has 3 N–H and O–H groups in total. The monoisotopic (exact) mass is 378 g/mol. The maximum Gasteiger partial charge on any atom is 0.253 e. The van der Waals surface area contributed by atoms with Crippen molar-refractivity contribution in [1.82, 2.24) is 4.90 Å². The molecule has 1 atom stereocenters. The molecule has 1 saturated carbocycles. The lowest BCUT2D eigenvalue weighted by Gasteiger charge is -2.27. The summed E-state index contributed by atoms with van der Waals surface area (Å²) in [5.41, 5.74) is 5.70. The fraction of sp³-hybridized carbons (Fsp3) is 0.500. The Labute approximate surface area is 156 Å². The third-order valence-electron chi connectivity index (χ3n) is 4.69. The minimum Gasteiger partial charge on any atom is -0.370 e. The van der Waals surface area contributed by atoms with Gasteiger partial charge in [0.05, 0.1) is 12.3 Å². The molecule has 0 aromatic heterocycles. The van der Waals surface area contributed by atoms with Gasteiger partial charge in [0.15, 0.2) is 6.04 Å². The molecule has 9 heteroatoms. The zero-order valence-corrected chi connectivity index (χ0v) is 15.1. The number of benzene rings is 1. The van der Waals surface area contributed by atoms with Crippen molar-refractivity contribution < 1.29 is 23.5 Å². The van der Waals surface area contributed by atoms with Crippen LogP contribution in [-0.2, 0) is 19.1 Å². The van der Waals surface area contributed by atoms with Crippen LogP contribution in [0.1, 0.15) is 12.8 Å². The SMILES string of the molecule is CN(CC1CC1)[C@@H](C(N)=O)C(=O)Nc1ccc(N2CCOCC2=O)c(F)c1. The highest BCUT2D eigenvalue weighted by atomic mass is 19.1. The number of hydrogen-bond donors (Lipinski definition) is 2. The Balaban J connectivity index is 1.70. The van der Waals surface area contributed by atoms with E-state index in [9.17, 15) is 18.8 Å². The molecular formula is C18H23FN4O4. The second-order valence-electron chi connectivity index (χ2n) is 6.94. The minimum atomic E-state index is -1.13. The van der Waals surface area contributed by atoms with E-state index >= 15 is 0 Å². The van der Waals surface area contributed by atoms with Crippen LogP contribution in [0.5, 0.6) is 0 Å². The minimum absolute atomic E-state index is 0.0917. The summed E-state index contributed by atoms with van der Waals surface area (Å²) in [5, 5.41) is 2.53. The van der Waals surface area contributed by atoms with E-state index in [4.69, 9.17) is 10.5 Å². The van der Waals surface area contributed by atoms with Crippen molar-refractivity contribution in [3.8, 4) is 0 Å². The molecule has 0 bridgehead atoms. The fourth-order valence-corrected chi connectivity index (χ4v) is 3.15. The van der Waals surface area contributed by atoms with Crippen molar-refractivity contribution in [2.24, 2.45) is 11.7 Å². The Morgan fingerprint density at radius 3 is 2.78 bits per heavy atom. The predicted molar refractivity (Wildman–Crippen MR) is 96.5 cm³/mol. The summed E-state index contributed by atoms with van der Waals surface area (Å²) < 4.78 is 19.5. The molecule has 0 radical (unpaired) electrons. The number of carbonyl (C=O) groups excluding carboxylic acids is 3. The number of nitrogens with zero attached hydrogens (tertiary/aromatic N) is 2. The smallest absolute Gasteiger partial charge is 0.253 e. The molecule has 1 aromatic rings. The van der Waals surface area contributed by atoms with Gasteiger partial charge in [0.1, 0.15) is 12.4 Å². The van der Waals surface area contributed by atoms with Crippen LogP contribution in [0, 0.1) is 11.7 Å². The Morgan fingerprint density at radius 1 is 1.44 bits per heavy atom. The van der Waals surface area contributed by atoms with Crippen LogP contribution in [0.3, 0.4) is 0 Å². The molecule has 2 aliphatic rings. The molecule has 1 aliphatic carbocycles. The molecule has 0 spiro atoms. The van der Waals surface area contributed by atoms with E-state index < -0.39 is 23.7 Å². The summed E-state index contributed by atoms with van der Waals surface area (Å²) in [7, 11) is 1.67. The molecule has 146 valence electrons. The first kappa shape index (κ1) is 19.2. The average molecular weight is 378 g/mol. The van der Waals surface area contributed by atoms with E-state index in [0.29, 0.717) is 19.1 Å². The number of ether oxygens (including phenoxy) is 1. The van der Waals surface area contributed by atoms with Crippen molar-refractivity contribution >= 4 is 29.1 Å². The number of nitrogens with two attached hydrogens (primary N) is 1. The summed E-state index contributed by atoms with van der Waals surface area (Å²) >= 11 is 0. The van der Waals surface area contributed by atoms with Gasteiger partial charge in [-0.1, -0.05) is 0 Å². The lowest BCUT2D eigenvalue weighted by atomic mass is 10.2. The van der Waals surface area contributed by atoms with Gasteiger partial charge in [-0.25, -0.2) is 4.39 Å². The van der Waals surface area contributed by atoms with Gasteiger partial charge in [-0.2, -0.15) is 0 Å². The molecule has 8 nitrogen and oxygen atoms in total. The molecule has 2 fully saturated rings. The Bertz CT molecular complexity index is 753. The Hall–Kier alpha value is -2.52. The first-order valence-corrected chi connectivity index (χ1v) is 8.85. The normalized spacial score (nSPS) is 18.5. The van der Waals surface area contributed by atoms with Gasteiger partial charge in [0, 0.05) is 18.8 Å². The maximum absolute atomic E-state index is 14.5. The largest absolute Gasteiger partial charge is 0.370 e. The lowest BCUT2D eigenvalue weighted by Crippen LogP contribution is -2.51. The number of primary amides is 1. The number of likely N-dealkylation sites (N-methyl/N-ethyl adjacent to an activating group) is 1. The van der Waals surface area contributed by atoms with Crippen LogP contribution in [0.25, 0.3) is 0 Å². The molecule has 1 heterocycles. The second kappa shape index (κ2) is 8.01. The highest BCUT2D eigenvalue weighted by Gasteiger charge is 2.33. The van der Waals surface area contributed by atoms with Crippen molar-refractivity contribution in [3.63, 3.8) is 0 Å². The number of hydrogen-bond acceptors (Lipinski definition) is 5. The number of halogens is 1. The Kier molecular flexibility index (Phi) is 5.71. The van der Waals surface area contributed by atoms with Crippen LogP contribution in [-0.4, -0.2) is 62.0 Å². The summed E-state index contributed by atoms with van der Waals surface area (Å²) in [6.45, 7) is 1.10. The molecule has 3 amide bonds. The van der Waals surface area contributed by atoms with Gasteiger partial charge in [-0.3, -0.25) is 19.3 Å². The van der Waals surface area contributed by atoms with Crippen LogP contribution in [0.4, 0.5) is 15.8 Å². The number of amides is 3.